The number of anilines is 1. The number of phenols is 2. The number of aromatic hydroxyl groups is 2. The third kappa shape index (κ3) is 10.8. The zero-order valence-electron chi connectivity index (χ0n) is 41.3. The number of hydrogen-bond donors (Lipinski definition) is 9. The van der Waals surface area contributed by atoms with E-state index in [1.54, 1.807) is 38.8 Å². The van der Waals surface area contributed by atoms with Crippen LogP contribution in [0.5, 0.6) is 23.0 Å². The van der Waals surface area contributed by atoms with Crippen molar-refractivity contribution in [2.24, 2.45) is 28.8 Å². The summed E-state index contributed by atoms with van der Waals surface area (Å²) < 4.78 is 35.7. The van der Waals surface area contributed by atoms with Crippen LogP contribution in [-0.2, 0) is 33.3 Å². The van der Waals surface area contributed by atoms with Crippen molar-refractivity contribution in [3.8, 4) is 23.0 Å². The van der Waals surface area contributed by atoms with Crippen LogP contribution in [0, 0.1) is 30.6 Å². The lowest BCUT2D eigenvalue weighted by Gasteiger charge is -2.39. The molecular weight excluding hydrogens is 933 g/mol. The minimum Gasteiger partial charge on any atom is -0.507 e. The van der Waals surface area contributed by atoms with Crippen molar-refractivity contribution in [3.63, 3.8) is 0 Å². The van der Waals surface area contributed by atoms with Gasteiger partial charge in [0.25, 0.3) is 11.7 Å². The van der Waals surface area contributed by atoms with Crippen LogP contribution in [0.1, 0.15) is 70.0 Å². The topological polar surface area (TPSA) is 316 Å². The highest BCUT2D eigenvalue weighted by Crippen LogP contribution is 2.56. The molecule has 1 amide bonds. The summed E-state index contributed by atoms with van der Waals surface area (Å²) in [6.07, 6.45) is -6.71. The molecule has 2 saturated heterocycles. The zero-order valence-corrected chi connectivity index (χ0v) is 41.3. The van der Waals surface area contributed by atoms with Crippen molar-refractivity contribution < 1.29 is 88.5 Å². The number of carbonyl (C=O) groups is 4. The number of hydrazone groups is 1. The molecule has 0 radical (unpaired) electrons. The first-order valence-electron chi connectivity index (χ1n) is 23.3. The van der Waals surface area contributed by atoms with Crippen LogP contribution < -0.4 is 14.8 Å². The molecule has 4 aliphatic rings. The molecule has 0 aliphatic carbocycles. The summed E-state index contributed by atoms with van der Waals surface area (Å²) in [6.45, 7) is 14.0. The van der Waals surface area contributed by atoms with E-state index < -0.39 is 142 Å². The molecule has 4 bridgehead atoms. The van der Waals surface area contributed by atoms with Gasteiger partial charge in [-0.15, -0.1) is 0 Å². The Labute approximate surface area is 410 Å². The second kappa shape index (κ2) is 21.9. The maximum atomic E-state index is 15.0. The Bertz CT molecular complexity index is 2490. The lowest BCUT2D eigenvalue weighted by Crippen LogP contribution is -2.61. The van der Waals surface area contributed by atoms with Crippen molar-refractivity contribution in [1.82, 2.24) is 9.91 Å². The minimum absolute atomic E-state index is 0.0419. The Balaban J connectivity index is 1.64. The van der Waals surface area contributed by atoms with E-state index in [4.69, 9.17) is 28.4 Å². The van der Waals surface area contributed by atoms with E-state index in [9.17, 15) is 55.2 Å². The van der Waals surface area contributed by atoms with Gasteiger partial charge in [0.1, 0.15) is 41.7 Å². The fourth-order valence-electron chi connectivity index (χ4n) is 9.29. The number of nitrogens with zero attached hydrogens (tertiary/aromatic N) is 3. The molecule has 2 aromatic carbocycles. The lowest BCUT2D eigenvalue weighted by atomic mass is 9.78. The molecule has 2 aromatic rings. The van der Waals surface area contributed by atoms with Gasteiger partial charge in [-0.1, -0.05) is 45.9 Å². The number of aliphatic hydroxyl groups is 5. The number of Topliss-reactive ketones (excluding diaryl/α,β-unsaturated/α-hetero) is 1. The van der Waals surface area contributed by atoms with Gasteiger partial charge in [0.15, 0.2) is 11.9 Å². The van der Waals surface area contributed by atoms with Crippen molar-refractivity contribution in [2.45, 2.75) is 116 Å². The molecule has 9 N–H and O–H groups in total. The molecule has 14 atom stereocenters. The van der Waals surface area contributed by atoms with Crippen LogP contribution in [-0.4, -0.2) is 182 Å². The highest BCUT2D eigenvalue weighted by molar-refractivity contribution is 6.24. The van der Waals surface area contributed by atoms with Crippen LogP contribution in [0.3, 0.4) is 0 Å². The lowest BCUT2D eigenvalue weighted by molar-refractivity contribution is -0.270. The fraction of sp³-hybridized carbons (Fsp3) is 0.571. The van der Waals surface area contributed by atoms with Crippen LogP contribution in [0.4, 0.5) is 5.69 Å². The number of hydrogen-bond acceptors (Lipinski definition) is 20. The third-order valence-corrected chi connectivity index (χ3v) is 13.9. The van der Waals surface area contributed by atoms with Gasteiger partial charge in [-0.25, -0.2) is 4.79 Å². The molecule has 5 unspecified atom stereocenters. The molecule has 0 saturated carbocycles. The Hall–Kier alpha value is -5.85. The third-order valence-electron chi connectivity index (χ3n) is 13.9. The molecule has 390 valence electrons. The summed E-state index contributed by atoms with van der Waals surface area (Å²) in [7, 11) is 3.31. The Morgan fingerprint density at radius 1 is 0.887 bits per heavy atom. The molecule has 6 rings (SSSR count). The number of methoxy groups -OCH3 is 1. The Kier molecular flexibility index (Phi) is 16.8. The highest BCUT2D eigenvalue weighted by atomic mass is 16.7. The number of carboxylic acid groups (broad SMARTS) is 1. The van der Waals surface area contributed by atoms with E-state index in [-0.39, 0.29) is 28.0 Å². The second-order valence-electron chi connectivity index (χ2n) is 19.0. The predicted octanol–water partition coefficient (Wildman–Crippen LogP) is 1.90. The van der Waals surface area contributed by atoms with Crippen molar-refractivity contribution in [2.75, 3.05) is 45.7 Å². The average molecular weight is 999 g/mol. The number of benzene rings is 2. The number of nitrogens with one attached hydrogen (secondary N) is 1. The Morgan fingerprint density at radius 2 is 1.55 bits per heavy atom. The van der Waals surface area contributed by atoms with Crippen LogP contribution in [0.25, 0.3) is 10.8 Å². The minimum atomic E-state index is -2.25. The fourth-order valence-corrected chi connectivity index (χ4v) is 9.29. The molecule has 22 heteroatoms. The van der Waals surface area contributed by atoms with Crippen LogP contribution in [0.2, 0.25) is 0 Å². The maximum absolute atomic E-state index is 15.0. The van der Waals surface area contributed by atoms with Crippen molar-refractivity contribution >= 4 is 46.3 Å². The van der Waals surface area contributed by atoms with E-state index >= 15 is 4.79 Å². The highest BCUT2D eigenvalue weighted by Gasteiger charge is 2.52. The number of aliphatic carboxylic acids is 1. The van der Waals surface area contributed by atoms with Crippen LogP contribution >= 0.6 is 0 Å². The monoisotopic (exact) mass is 998 g/mol. The first-order valence-corrected chi connectivity index (χ1v) is 23.3. The molecule has 2 fully saturated rings. The van der Waals surface area contributed by atoms with Gasteiger partial charge in [-0.3, -0.25) is 19.4 Å². The summed E-state index contributed by atoms with van der Waals surface area (Å²) >= 11 is 0. The summed E-state index contributed by atoms with van der Waals surface area (Å²) in [6, 6.07) is 0. The van der Waals surface area contributed by atoms with Gasteiger partial charge < -0.3 is 79.5 Å². The SMILES string of the molecule is CO[C@H]1/C=C/O[C@@]2(C)Oc3c(C)c(O)c4c(O)c(c(/C=N/N5CCN(C)CC5)c(OC5OC(C(=O)O)C(O)C(O)C5O)c4c3C2=O)NC(=O)/C(C)=C\C=C\[C@H](C)[C@H](O)[C@@H](C)[C@@H](O)[C@@H](C)[C@H](OC(C)=O)[C@@H]1C. The van der Waals surface area contributed by atoms with E-state index in [0.29, 0.717) is 26.2 Å². The van der Waals surface area contributed by atoms with Crippen molar-refractivity contribution in [1.29, 1.82) is 0 Å². The maximum Gasteiger partial charge on any atom is 0.335 e. The summed E-state index contributed by atoms with van der Waals surface area (Å²) in [5, 5.41) is 98.3. The van der Waals surface area contributed by atoms with Gasteiger partial charge in [-0.2, -0.15) is 5.10 Å². The number of esters is 1. The molecule has 0 spiro atoms. The molecular formula is C49H66N4O18. The summed E-state index contributed by atoms with van der Waals surface area (Å²) in [5.41, 5.74) is -1.16. The van der Waals surface area contributed by atoms with Crippen LogP contribution in [0.15, 0.2) is 41.2 Å². The van der Waals surface area contributed by atoms with Gasteiger partial charge in [-0.05, 0) is 27.0 Å². The number of phenolic OH excluding ortho intramolecular Hbond substituents is 2. The number of amides is 1. The molecule has 4 heterocycles. The Morgan fingerprint density at radius 3 is 2.17 bits per heavy atom. The predicted molar refractivity (Wildman–Crippen MR) is 254 cm³/mol. The number of allylic oxidation sites excluding steroid dienone is 2. The smallest absolute Gasteiger partial charge is 0.335 e. The average Bonchev–Trinajstić information content (AvgIpc) is 3.59. The number of piperazine rings is 1. The number of rotatable bonds is 7. The molecule has 0 aromatic heterocycles. The van der Waals surface area contributed by atoms with E-state index in [0.717, 1.165) is 6.26 Å². The van der Waals surface area contributed by atoms with E-state index in [1.807, 2.05) is 7.05 Å². The number of carbonyl (C=O) groups excluding carboxylic acids is 3. The second-order valence-corrected chi connectivity index (χ2v) is 19.0. The number of ketones is 1. The molecule has 22 nitrogen and oxygen atoms in total. The number of likely N-dealkylation sites (N-methyl/N-ethyl adjacent to an activating group) is 1. The normalized spacial score (nSPS) is 35.1. The first kappa shape index (κ1) is 54.5. The van der Waals surface area contributed by atoms with Gasteiger partial charge in [0.05, 0.1) is 53.0 Å². The molecule has 71 heavy (non-hydrogen) atoms. The number of ether oxygens (including phenoxy) is 6. The number of carboxylic acids is 1. The van der Waals surface area contributed by atoms with E-state index in [1.165, 1.54) is 59.2 Å². The summed E-state index contributed by atoms with van der Waals surface area (Å²) in [5.74, 6) is -11.5. The molecule has 4 aliphatic heterocycles. The standard InChI is InChI=1S/C49H66N4O18/c1-21-12-11-13-22(2)46(63)51-33-28(20-50-53-17-15-52(9)16-18-53)43(69-48-40(61)38(59)39(60)44(70-48)47(64)65)30-31(37(33)58)36(57)26(6)42-32(30)45(62)49(8,71-42)67-19-14-29(66-10)23(3)41(68-27(7)54)25(5)35(56)24(4)34(21)55/h11-14,19-21,23-25,29,34-35,38-41,44,48,55-61H,15-18H2,1-10H3,(H,51,63)(H,64,65)/b12-11+,19-14+,22-13-,50-20+/t21-,23+,24+,25+,29-,34-,35+,38?,39?,40?,41+,44?,48?,49-/m0/s1. The van der Waals surface area contributed by atoms with E-state index in [2.05, 4.69) is 15.3 Å². The van der Waals surface area contributed by atoms with Gasteiger partial charge in [0, 0.05) is 87.3 Å². The zero-order chi connectivity index (χ0) is 52.5. The number of aliphatic hydroxyl groups excluding tert-OH is 5. The quantitative estimate of drug-likeness (QED) is 0.109. The van der Waals surface area contributed by atoms with Gasteiger partial charge >= 0.3 is 17.7 Å². The largest absolute Gasteiger partial charge is 0.507 e. The first-order chi connectivity index (χ1) is 33.3. The summed E-state index contributed by atoms with van der Waals surface area (Å²) in [4.78, 5) is 56.1. The van der Waals surface area contributed by atoms with Crippen molar-refractivity contribution in [3.05, 3.63) is 52.8 Å². The van der Waals surface area contributed by atoms with Gasteiger partial charge in [0.2, 0.25) is 6.29 Å². The number of fused-ring (bicyclic) bond motifs is 3.